The fraction of sp³-hybridized carbons (Fsp3) is 0.222. The fourth-order valence-corrected chi connectivity index (χ4v) is 3.16. The number of fused-ring (bicyclic) bond motifs is 2. The van der Waals surface area contributed by atoms with Gasteiger partial charge in [0.25, 0.3) is 5.91 Å². The van der Waals surface area contributed by atoms with Crippen molar-refractivity contribution in [2.75, 3.05) is 13.7 Å². The number of amides is 1. The Hall–Kier alpha value is -2.86. The number of carbonyl (C=O) groups is 1. The van der Waals surface area contributed by atoms with Crippen molar-refractivity contribution < 1.29 is 14.6 Å². The largest absolute Gasteiger partial charge is 0.481 e. The normalized spacial score (nSPS) is 16.7. The van der Waals surface area contributed by atoms with E-state index < -0.39 is 6.23 Å². The van der Waals surface area contributed by atoms with E-state index in [9.17, 15) is 9.90 Å². The van der Waals surface area contributed by atoms with Crippen LogP contribution in [0, 0.1) is 0 Å². The highest BCUT2D eigenvalue weighted by atomic mass is 16.5. The number of nitrogens with zero attached hydrogens (tertiary/aromatic N) is 2. The first kappa shape index (κ1) is 14.7. The summed E-state index contributed by atoms with van der Waals surface area (Å²) in [7, 11) is 1.58. The molecule has 1 amide bonds. The van der Waals surface area contributed by atoms with Crippen LogP contribution >= 0.6 is 0 Å². The molecule has 1 unspecified atom stereocenters. The molecule has 0 fully saturated rings. The van der Waals surface area contributed by atoms with Crippen molar-refractivity contribution in [3.63, 3.8) is 0 Å². The maximum absolute atomic E-state index is 12.5. The van der Waals surface area contributed by atoms with Crippen LogP contribution in [0.5, 0.6) is 5.88 Å². The zero-order chi connectivity index (χ0) is 16.7. The smallest absolute Gasteiger partial charge is 0.256 e. The number of hydrogen-bond donors (Lipinski definition) is 2. The first-order valence-corrected chi connectivity index (χ1v) is 7.78. The van der Waals surface area contributed by atoms with Crippen molar-refractivity contribution in [1.29, 1.82) is 0 Å². The van der Waals surface area contributed by atoms with Gasteiger partial charge in [-0.05, 0) is 24.1 Å². The van der Waals surface area contributed by atoms with Gasteiger partial charge in [0.1, 0.15) is 0 Å². The zero-order valence-corrected chi connectivity index (χ0v) is 13.2. The molecule has 0 saturated heterocycles. The van der Waals surface area contributed by atoms with Crippen LogP contribution in [0.4, 0.5) is 0 Å². The number of aromatic amines is 1. The molecule has 3 aromatic rings. The molecule has 4 rings (SSSR count). The van der Waals surface area contributed by atoms with Gasteiger partial charge in [-0.1, -0.05) is 18.2 Å². The van der Waals surface area contributed by atoms with Crippen molar-refractivity contribution in [2.45, 2.75) is 12.6 Å². The lowest BCUT2D eigenvalue weighted by atomic mass is 10.1. The van der Waals surface area contributed by atoms with Gasteiger partial charge in [-0.3, -0.25) is 4.79 Å². The number of H-pyrrole nitrogens is 1. The van der Waals surface area contributed by atoms with E-state index in [2.05, 4.69) is 9.97 Å². The SMILES string of the molecule is COc1ccc2[nH]cc(CCN3C(=O)c4ccccc4C3O)c2n1. The highest BCUT2D eigenvalue weighted by Gasteiger charge is 2.34. The van der Waals surface area contributed by atoms with Crippen molar-refractivity contribution in [1.82, 2.24) is 14.9 Å². The molecule has 0 spiro atoms. The minimum absolute atomic E-state index is 0.136. The van der Waals surface area contributed by atoms with Crippen LogP contribution in [0.25, 0.3) is 11.0 Å². The molecule has 0 radical (unpaired) electrons. The molecule has 1 aliphatic rings. The summed E-state index contributed by atoms with van der Waals surface area (Å²) in [5.74, 6) is 0.413. The Kier molecular flexibility index (Phi) is 3.46. The number of methoxy groups -OCH3 is 1. The average molecular weight is 323 g/mol. The summed E-state index contributed by atoms with van der Waals surface area (Å²) in [5, 5.41) is 10.4. The van der Waals surface area contributed by atoms with E-state index in [0.717, 1.165) is 16.6 Å². The van der Waals surface area contributed by atoms with Gasteiger partial charge in [-0.15, -0.1) is 0 Å². The van der Waals surface area contributed by atoms with Crippen LogP contribution in [0.3, 0.4) is 0 Å². The van der Waals surface area contributed by atoms with E-state index in [1.54, 1.807) is 25.3 Å². The molecule has 3 heterocycles. The molecule has 1 atom stereocenters. The Bertz CT molecular complexity index is 919. The highest BCUT2D eigenvalue weighted by Crippen LogP contribution is 2.31. The summed E-state index contributed by atoms with van der Waals surface area (Å²) >= 11 is 0. The molecule has 122 valence electrons. The summed E-state index contributed by atoms with van der Waals surface area (Å²) in [4.78, 5) is 21.6. The van der Waals surface area contributed by atoms with Crippen molar-refractivity contribution in [3.8, 4) is 5.88 Å². The maximum atomic E-state index is 12.5. The van der Waals surface area contributed by atoms with Gasteiger partial charge >= 0.3 is 0 Å². The number of aliphatic hydroxyl groups is 1. The second-order valence-electron chi connectivity index (χ2n) is 5.77. The van der Waals surface area contributed by atoms with Gasteiger partial charge in [-0.2, -0.15) is 0 Å². The van der Waals surface area contributed by atoms with E-state index in [1.165, 1.54) is 4.90 Å². The van der Waals surface area contributed by atoms with Crippen LogP contribution < -0.4 is 4.74 Å². The van der Waals surface area contributed by atoms with Crippen LogP contribution in [0.15, 0.2) is 42.6 Å². The lowest BCUT2D eigenvalue weighted by molar-refractivity contribution is 0.0183. The number of rotatable bonds is 4. The van der Waals surface area contributed by atoms with Crippen LogP contribution in [0.1, 0.15) is 27.7 Å². The molecule has 2 aromatic heterocycles. The van der Waals surface area contributed by atoms with Gasteiger partial charge in [0.15, 0.2) is 6.23 Å². The van der Waals surface area contributed by atoms with Gasteiger partial charge in [0.2, 0.25) is 5.88 Å². The zero-order valence-electron chi connectivity index (χ0n) is 13.2. The van der Waals surface area contributed by atoms with Crippen LogP contribution in [-0.4, -0.2) is 39.5 Å². The molecule has 24 heavy (non-hydrogen) atoms. The Morgan fingerprint density at radius 1 is 1.29 bits per heavy atom. The number of pyridine rings is 1. The van der Waals surface area contributed by atoms with Crippen molar-refractivity contribution >= 4 is 16.9 Å². The van der Waals surface area contributed by atoms with Gasteiger partial charge in [0.05, 0.1) is 18.1 Å². The van der Waals surface area contributed by atoms with Crippen LogP contribution in [-0.2, 0) is 6.42 Å². The van der Waals surface area contributed by atoms with E-state index in [0.29, 0.717) is 30.0 Å². The maximum Gasteiger partial charge on any atom is 0.256 e. The third-order valence-electron chi connectivity index (χ3n) is 4.43. The first-order valence-electron chi connectivity index (χ1n) is 7.78. The molecule has 1 aromatic carbocycles. The number of hydrogen-bond acceptors (Lipinski definition) is 4. The lowest BCUT2D eigenvalue weighted by Crippen LogP contribution is -2.30. The first-order chi connectivity index (χ1) is 11.7. The van der Waals surface area contributed by atoms with Crippen LogP contribution in [0.2, 0.25) is 0 Å². The van der Waals surface area contributed by atoms with E-state index >= 15 is 0 Å². The Labute approximate surface area is 138 Å². The quantitative estimate of drug-likeness (QED) is 0.772. The molecule has 1 aliphatic heterocycles. The molecular formula is C18H17N3O3. The number of ether oxygens (including phenoxy) is 1. The monoisotopic (exact) mass is 323 g/mol. The standard InChI is InChI=1S/C18H17N3O3/c1-24-15-7-6-14-16(20-15)11(10-19-14)8-9-21-17(22)12-4-2-3-5-13(12)18(21)23/h2-7,10,17,19,22H,8-9H2,1H3. The van der Waals surface area contributed by atoms with E-state index in [4.69, 9.17) is 4.74 Å². The minimum Gasteiger partial charge on any atom is -0.481 e. The van der Waals surface area contributed by atoms with Gasteiger partial charge in [-0.25, -0.2) is 4.98 Å². The molecular weight excluding hydrogens is 306 g/mol. The average Bonchev–Trinajstić information content (AvgIpc) is 3.13. The molecule has 0 bridgehead atoms. The summed E-state index contributed by atoms with van der Waals surface area (Å²) in [5.41, 5.74) is 3.97. The Morgan fingerprint density at radius 2 is 2.12 bits per heavy atom. The van der Waals surface area contributed by atoms with E-state index in [-0.39, 0.29) is 5.91 Å². The number of aliphatic hydroxyl groups excluding tert-OH is 1. The topological polar surface area (TPSA) is 78.5 Å². The summed E-state index contributed by atoms with van der Waals surface area (Å²) in [6.07, 6.45) is 1.59. The summed E-state index contributed by atoms with van der Waals surface area (Å²) < 4.78 is 5.17. The predicted octanol–water partition coefficient (Wildman–Crippen LogP) is 2.26. The van der Waals surface area contributed by atoms with Gasteiger partial charge < -0.3 is 19.7 Å². The van der Waals surface area contributed by atoms with Crippen molar-refractivity contribution in [2.24, 2.45) is 0 Å². The highest BCUT2D eigenvalue weighted by molar-refractivity contribution is 5.98. The molecule has 6 heteroatoms. The molecule has 0 aliphatic carbocycles. The molecule has 2 N–H and O–H groups in total. The second-order valence-corrected chi connectivity index (χ2v) is 5.77. The molecule has 6 nitrogen and oxygen atoms in total. The summed E-state index contributed by atoms with van der Waals surface area (Å²) in [6, 6.07) is 10.9. The fourth-order valence-electron chi connectivity index (χ4n) is 3.16. The number of aromatic nitrogens is 2. The number of benzene rings is 1. The second kappa shape index (κ2) is 5.65. The van der Waals surface area contributed by atoms with E-state index in [1.807, 2.05) is 24.4 Å². The third kappa shape index (κ3) is 2.23. The Morgan fingerprint density at radius 3 is 2.92 bits per heavy atom. The number of carbonyl (C=O) groups excluding carboxylic acids is 1. The Balaban J connectivity index is 1.57. The number of nitrogens with one attached hydrogen (secondary N) is 1. The minimum atomic E-state index is -0.888. The summed E-state index contributed by atoms with van der Waals surface area (Å²) in [6.45, 7) is 0.417. The van der Waals surface area contributed by atoms with Gasteiger partial charge in [0, 0.05) is 29.9 Å². The lowest BCUT2D eigenvalue weighted by Gasteiger charge is -2.20. The predicted molar refractivity (Wildman–Crippen MR) is 88.8 cm³/mol. The van der Waals surface area contributed by atoms with Crippen molar-refractivity contribution in [3.05, 3.63) is 59.3 Å². The third-order valence-corrected chi connectivity index (χ3v) is 4.43. The molecule has 0 saturated carbocycles.